The predicted molar refractivity (Wildman–Crippen MR) is 86.3 cm³/mol. The molecule has 1 aliphatic heterocycles. The van der Waals surface area contributed by atoms with E-state index >= 15 is 0 Å². The van der Waals surface area contributed by atoms with Crippen LogP contribution in [-0.4, -0.2) is 11.9 Å². The third kappa shape index (κ3) is 3.14. The molecule has 1 heterocycles. The van der Waals surface area contributed by atoms with Crippen LogP contribution in [0.5, 0.6) is 5.75 Å². The molecule has 0 aliphatic carbocycles. The maximum Gasteiger partial charge on any atom is 0.322 e. The number of carbonyl (C=O) groups excluding carboxylic acids is 2. The fourth-order valence-corrected chi connectivity index (χ4v) is 2.52. The highest BCUT2D eigenvalue weighted by atomic mass is 35.5. The first-order valence-corrected chi connectivity index (χ1v) is 7.46. The SMILES string of the molecule is CC1(c2cccc(OCc3ccc(Cl)cc3)c2)NC(=O)NC1=O. The van der Waals surface area contributed by atoms with E-state index in [4.69, 9.17) is 16.3 Å². The first-order chi connectivity index (χ1) is 11.0. The van der Waals surface area contributed by atoms with Crippen LogP contribution in [0.3, 0.4) is 0 Å². The van der Waals surface area contributed by atoms with Crippen molar-refractivity contribution in [2.45, 2.75) is 19.1 Å². The van der Waals surface area contributed by atoms with Gasteiger partial charge in [-0.15, -0.1) is 0 Å². The van der Waals surface area contributed by atoms with E-state index < -0.39 is 11.6 Å². The zero-order valence-corrected chi connectivity index (χ0v) is 13.2. The molecule has 1 atom stereocenters. The molecule has 2 N–H and O–H groups in total. The molecule has 1 aliphatic rings. The van der Waals surface area contributed by atoms with Gasteiger partial charge in [-0.2, -0.15) is 0 Å². The van der Waals surface area contributed by atoms with Gasteiger partial charge in [-0.1, -0.05) is 35.9 Å². The van der Waals surface area contributed by atoms with Crippen molar-refractivity contribution in [2.75, 3.05) is 0 Å². The molecule has 0 saturated carbocycles. The van der Waals surface area contributed by atoms with Gasteiger partial charge in [0.05, 0.1) is 0 Å². The van der Waals surface area contributed by atoms with E-state index in [9.17, 15) is 9.59 Å². The Morgan fingerprint density at radius 2 is 1.87 bits per heavy atom. The molecular weight excluding hydrogens is 316 g/mol. The number of nitrogens with one attached hydrogen (secondary N) is 2. The second-order valence-electron chi connectivity index (χ2n) is 5.48. The lowest BCUT2D eigenvalue weighted by Crippen LogP contribution is -2.40. The summed E-state index contributed by atoms with van der Waals surface area (Å²) >= 11 is 5.85. The Balaban J connectivity index is 1.76. The number of ether oxygens (including phenoxy) is 1. The van der Waals surface area contributed by atoms with Gasteiger partial charge in [0, 0.05) is 5.02 Å². The monoisotopic (exact) mass is 330 g/mol. The zero-order chi connectivity index (χ0) is 16.4. The first-order valence-electron chi connectivity index (χ1n) is 7.09. The fraction of sp³-hybridized carbons (Fsp3) is 0.176. The Bertz CT molecular complexity index is 761. The number of hydrogen-bond acceptors (Lipinski definition) is 3. The third-order valence-electron chi connectivity index (χ3n) is 3.77. The summed E-state index contributed by atoms with van der Waals surface area (Å²) in [4.78, 5) is 23.4. The number of amides is 3. The van der Waals surface area contributed by atoms with Gasteiger partial charge in [-0.05, 0) is 42.3 Å². The lowest BCUT2D eigenvalue weighted by atomic mass is 9.92. The van der Waals surface area contributed by atoms with Crippen molar-refractivity contribution in [1.29, 1.82) is 0 Å². The minimum Gasteiger partial charge on any atom is -0.489 e. The van der Waals surface area contributed by atoms with Gasteiger partial charge in [-0.25, -0.2) is 4.79 Å². The molecular formula is C17H15ClN2O3. The third-order valence-corrected chi connectivity index (χ3v) is 4.03. The van der Waals surface area contributed by atoms with Crippen LogP contribution in [0.15, 0.2) is 48.5 Å². The van der Waals surface area contributed by atoms with Crippen LogP contribution in [0.4, 0.5) is 4.79 Å². The van der Waals surface area contributed by atoms with Crippen molar-refractivity contribution in [2.24, 2.45) is 0 Å². The Labute approximate surface area is 138 Å². The van der Waals surface area contributed by atoms with Crippen molar-refractivity contribution >= 4 is 23.5 Å². The van der Waals surface area contributed by atoms with E-state index in [1.807, 2.05) is 12.1 Å². The quantitative estimate of drug-likeness (QED) is 0.847. The molecule has 0 spiro atoms. The van der Waals surface area contributed by atoms with Gasteiger partial charge in [0.1, 0.15) is 17.9 Å². The average molecular weight is 331 g/mol. The number of urea groups is 1. The maximum absolute atomic E-state index is 12.0. The van der Waals surface area contributed by atoms with E-state index in [1.54, 1.807) is 43.3 Å². The highest BCUT2D eigenvalue weighted by molar-refractivity contribution is 6.30. The number of hydrogen-bond donors (Lipinski definition) is 2. The van der Waals surface area contributed by atoms with E-state index in [1.165, 1.54) is 0 Å². The molecule has 3 rings (SSSR count). The zero-order valence-electron chi connectivity index (χ0n) is 12.4. The van der Waals surface area contributed by atoms with Gasteiger partial charge < -0.3 is 10.1 Å². The lowest BCUT2D eigenvalue weighted by Gasteiger charge is -2.21. The largest absolute Gasteiger partial charge is 0.489 e. The molecule has 3 amide bonds. The van der Waals surface area contributed by atoms with Crippen molar-refractivity contribution in [3.63, 3.8) is 0 Å². The van der Waals surface area contributed by atoms with E-state index in [0.717, 1.165) is 5.56 Å². The fourth-order valence-electron chi connectivity index (χ4n) is 2.39. The molecule has 1 fully saturated rings. The van der Waals surface area contributed by atoms with Crippen molar-refractivity contribution in [1.82, 2.24) is 10.6 Å². The van der Waals surface area contributed by atoms with Crippen LogP contribution in [0.25, 0.3) is 0 Å². The van der Waals surface area contributed by atoms with Crippen LogP contribution in [-0.2, 0) is 16.9 Å². The Morgan fingerprint density at radius 1 is 1.13 bits per heavy atom. The van der Waals surface area contributed by atoms with Crippen LogP contribution in [0.2, 0.25) is 5.02 Å². The Morgan fingerprint density at radius 3 is 2.52 bits per heavy atom. The molecule has 6 heteroatoms. The van der Waals surface area contributed by atoms with E-state index in [-0.39, 0.29) is 5.91 Å². The summed E-state index contributed by atoms with van der Waals surface area (Å²) in [7, 11) is 0. The summed E-state index contributed by atoms with van der Waals surface area (Å²) in [5.74, 6) is 0.241. The topological polar surface area (TPSA) is 67.4 Å². The minimum atomic E-state index is -1.09. The molecule has 0 bridgehead atoms. The molecule has 2 aromatic rings. The van der Waals surface area contributed by atoms with Gasteiger partial charge in [0.15, 0.2) is 0 Å². The van der Waals surface area contributed by atoms with Crippen LogP contribution in [0.1, 0.15) is 18.1 Å². The second kappa shape index (κ2) is 5.93. The molecule has 23 heavy (non-hydrogen) atoms. The van der Waals surface area contributed by atoms with Crippen molar-refractivity contribution < 1.29 is 14.3 Å². The minimum absolute atomic E-state index is 0.377. The molecule has 1 saturated heterocycles. The molecule has 2 aromatic carbocycles. The highest BCUT2D eigenvalue weighted by Crippen LogP contribution is 2.27. The molecule has 1 unspecified atom stereocenters. The Kier molecular flexibility index (Phi) is 3.96. The van der Waals surface area contributed by atoms with E-state index in [2.05, 4.69) is 10.6 Å². The lowest BCUT2D eigenvalue weighted by molar-refractivity contribution is -0.123. The molecule has 5 nitrogen and oxygen atoms in total. The number of rotatable bonds is 4. The summed E-state index contributed by atoms with van der Waals surface area (Å²) in [5.41, 5.74) is 0.559. The smallest absolute Gasteiger partial charge is 0.322 e. The summed E-state index contributed by atoms with van der Waals surface area (Å²) in [6.07, 6.45) is 0. The first kappa shape index (κ1) is 15.4. The number of halogens is 1. The van der Waals surface area contributed by atoms with Crippen molar-refractivity contribution in [3.05, 3.63) is 64.7 Å². The maximum atomic E-state index is 12.0. The molecule has 0 radical (unpaired) electrons. The van der Waals surface area contributed by atoms with E-state index in [0.29, 0.717) is 22.9 Å². The summed E-state index contributed by atoms with van der Waals surface area (Å²) in [6.45, 7) is 2.04. The second-order valence-corrected chi connectivity index (χ2v) is 5.91. The highest BCUT2D eigenvalue weighted by Gasteiger charge is 2.43. The Hall–Kier alpha value is -2.53. The van der Waals surface area contributed by atoms with Gasteiger partial charge >= 0.3 is 6.03 Å². The summed E-state index contributed by atoms with van der Waals surface area (Å²) in [5, 5.41) is 5.55. The predicted octanol–water partition coefficient (Wildman–Crippen LogP) is 2.97. The molecule has 0 aromatic heterocycles. The molecule has 118 valence electrons. The van der Waals surface area contributed by atoms with Crippen molar-refractivity contribution in [3.8, 4) is 5.75 Å². The van der Waals surface area contributed by atoms with Gasteiger partial charge in [0.25, 0.3) is 5.91 Å². The summed E-state index contributed by atoms with van der Waals surface area (Å²) in [6, 6.07) is 14.0. The van der Waals surface area contributed by atoms with Gasteiger partial charge in [0.2, 0.25) is 0 Å². The number of benzene rings is 2. The number of imide groups is 1. The van der Waals surface area contributed by atoms with Gasteiger partial charge in [-0.3, -0.25) is 10.1 Å². The normalized spacial score (nSPS) is 20.1. The standard InChI is InChI=1S/C17H15ClN2O3/c1-17(15(21)19-16(22)20-17)12-3-2-4-14(9-12)23-10-11-5-7-13(18)8-6-11/h2-9H,10H2,1H3,(H2,19,20,21,22). The summed E-state index contributed by atoms with van der Waals surface area (Å²) < 4.78 is 5.75. The number of carbonyl (C=O) groups is 2. The average Bonchev–Trinajstić information content (AvgIpc) is 2.81. The van der Waals surface area contributed by atoms with Crippen LogP contribution in [0, 0.1) is 0 Å². The van der Waals surface area contributed by atoms with Crippen LogP contribution >= 0.6 is 11.6 Å². The van der Waals surface area contributed by atoms with Crippen LogP contribution < -0.4 is 15.4 Å².